The molecule has 82 valence electrons. The molecule has 4 heteroatoms. The summed E-state index contributed by atoms with van der Waals surface area (Å²) in [5.41, 5.74) is 0. The summed E-state index contributed by atoms with van der Waals surface area (Å²) in [6.45, 7) is 0. The summed E-state index contributed by atoms with van der Waals surface area (Å²) in [6.07, 6.45) is 0. The summed E-state index contributed by atoms with van der Waals surface area (Å²) in [7, 11) is 0. The van der Waals surface area contributed by atoms with Crippen LogP contribution in [0.1, 0.15) is 0 Å². The number of rotatable bonds is 2. The van der Waals surface area contributed by atoms with Crippen LogP contribution in [-0.4, -0.2) is 0 Å². The minimum Gasteiger partial charge on any atom is -0.0901 e. The van der Waals surface area contributed by atoms with Crippen LogP contribution in [0, 0.1) is 3.57 Å². The van der Waals surface area contributed by atoms with Crippen molar-refractivity contribution in [2.45, 2.75) is 9.79 Å². The molecular weight excluding hydrogens is 418 g/mol. The number of halogens is 3. The molecule has 0 aromatic heterocycles. The molecule has 0 aliphatic heterocycles. The summed E-state index contributed by atoms with van der Waals surface area (Å²) in [4.78, 5) is 2.43. The molecule has 0 saturated heterocycles. The van der Waals surface area contributed by atoms with Crippen molar-refractivity contribution in [3.05, 3.63) is 55.5 Å². The molecule has 0 atom stereocenters. The highest BCUT2D eigenvalue weighted by Gasteiger charge is 2.01. The minimum absolute atomic E-state index is 0.806. The van der Waals surface area contributed by atoms with E-state index in [2.05, 4.69) is 56.7 Å². The van der Waals surface area contributed by atoms with E-state index in [0.29, 0.717) is 0 Å². The van der Waals surface area contributed by atoms with Crippen molar-refractivity contribution in [3.8, 4) is 0 Å². The third-order valence-electron chi connectivity index (χ3n) is 1.94. The first-order valence-corrected chi connectivity index (χ1v) is 7.60. The normalized spacial score (nSPS) is 10.4. The van der Waals surface area contributed by atoms with Crippen LogP contribution in [0.4, 0.5) is 0 Å². The van der Waals surface area contributed by atoms with E-state index in [1.165, 1.54) is 9.79 Å². The van der Waals surface area contributed by atoms with Crippen LogP contribution in [0.2, 0.25) is 5.02 Å². The highest BCUT2D eigenvalue weighted by molar-refractivity contribution is 14.1. The van der Waals surface area contributed by atoms with Gasteiger partial charge in [0, 0.05) is 17.8 Å². The van der Waals surface area contributed by atoms with Gasteiger partial charge in [-0.3, -0.25) is 0 Å². The Hall–Kier alpha value is 0.290. The zero-order valence-corrected chi connectivity index (χ0v) is 13.4. The molecule has 0 heterocycles. The molecular formula is C12H7BrClIS. The van der Waals surface area contributed by atoms with Gasteiger partial charge in [-0.1, -0.05) is 39.3 Å². The Kier molecular flexibility index (Phi) is 4.58. The second-order valence-electron chi connectivity index (χ2n) is 3.13. The fourth-order valence-corrected chi connectivity index (χ4v) is 3.14. The Morgan fingerprint density at radius 1 is 1.00 bits per heavy atom. The van der Waals surface area contributed by atoms with Crippen LogP contribution in [0.25, 0.3) is 0 Å². The Bertz CT molecular complexity index is 499. The van der Waals surface area contributed by atoms with Gasteiger partial charge in [-0.2, -0.15) is 0 Å². The average Bonchev–Trinajstić information content (AvgIpc) is 2.27. The van der Waals surface area contributed by atoms with Crippen LogP contribution in [0.15, 0.2) is 56.7 Å². The minimum atomic E-state index is 0.806. The first-order valence-electron chi connectivity index (χ1n) is 4.53. The molecule has 0 bridgehead atoms. The van der Waals surface area contributed by atoms with Gasteiger partial charge in [0.15, 0.2) is 0 Å². The third-order valence-corrected chi connectivity index (χ3v) is 5.01. The van der Waals surface area contributed by atoms with E-state index in [9.17, 15) is 0 Å². The smallest absolute Gasteiger partial charge is 0.0540 e. The van der Waals surface area contributed by atoms with E-state index in [0.717, 1.165) is 13.1 Å². The van der Waals surface area contributed by atoms with Gasteiger partial charge >= 0.3 is 0 Å². The molecule has 0 radical (unpaired) electrons. The SMILES string of the molecule is Clc1ccc(Sc2ccc(Br)cc2)cc1I. The molecule has 2 rings (SSSR count). The van der Waals surface area contributed by atoms with Crippen LogP contribution >= 0.6 is 61.9 Å². The second-order valence-corrected chi connectivity index (χ2v) is 6.76. The Balaban J connectivity index is 2.20. The van der Waals surface area contributed by atoms with Gasteiger partial charge in [-0.05, 0) is 65.1 Å². The molecule has 0 fully saturated rings. The van der Waals surface area contributed by atoms with Crippen molar-refractivity contribution in [1.29, 1.82) is 0 Å². The molecule has 0 aliphatic rings. The lowest BCUT2D eigenvalue weighted by Crippen LogP contribution is -1.77. The molecule has 0 aliphatic carbocycles. The maximum absolute atomic E-state index is 5.98. The molecule has 0 spiro atoms. The van der Waals surface area contributed by atoms with Crippen molar-refractivity contribution in [2.24, 2.45) is 0 Å². The van der Waals surface area contributed by atoms with Crippen LogP contribution in [0.5, 0.6) is 0 Å². The Morgan fingerprint density at radius 3 is 2.25 bits per heavy atom. The lowest BCUT2D eigenvalue weighted by atomic mass is 10.4. The van der Waals surface area contributed by atoms with E-state index in [1.807, 2.05) is 24.3 Å². The monoisotopic (exact) mass is 424 g/mol. The zero-order chi connectivity index (χ0) is 11.5. The molecule has 2 aromatic rings. The van der Waals surface area contributed by atoms with Gasteiger partial charge in [0.1, 0.15) is 0 Å². The highest BCUT2D eigenvalue weighted by Crippen LogP contribution is 2.31. The molecule has 0 unspecified atom stereocenters. The molecule has 0 amide bonds. The van der Waals surface area contributed by atoms with Gasteiger partial charge < -0.3 is 0 Å². The molecule has 0 saturated carbocycles. The molecule has 16 heavy (non-hydrogen) atoms. The standard InChI is InChI=1S/C12H7BrClIS/c13-8-1-3-9(4-2-8)16-10-5-6-11(14)12(15)7-10/h1-7H. The first-order chi connectivity index (χ1) is 7.65. The Labute approximate surface area is 126 Å². The van der Waals surface area contributed by atoms with Gasteiger partial charge in [-0.25, -0.2) is 0 Å². The third kappa shape index (κ3) is 3.39. The summed E-state index contributed by atoms with van der Waals surface area (Å²) < 4.78 is 2.18. The van der Waals surface area contributed by atoms with Crippen molar-refractivity contribution >= 4 is 61.9 Å². The van der Waals surface area contributed by atoms with Gasteiger partial charge in [-0.15, -0.1) is 0 Å². The molecule has 2 aromatic carbocycles. The summed E-state index contributed by atoms with van der Waals surface area (Å²) in [5.74, 6) is 0. The number of hydrogen-bond acceptors (Lipinski definition) is 1. The van der Waals surface area contributed by atoms with Crippen LogP contribution in [0.3, 0.4) is 0 Å². The maximum atomic E-state index is 5.98. The molecule has 0 N–H and O–H groups in total. The second kappa shape index (κ2) is 5.76. The fraction of sp³-hybridized carbons (Fsp3) is 0. The highest BCUT2D eigenvalue weighted by atomic mass is 127. The van der Waals surface area contributed by atoms with E-state index in [-0.39, 0.29) is 0 Å². The lowest BCUT2D eigenvalue weighted by Gasteiger charge is -2.03. The average molecular weight is 426 g/mol. The lowest BCUT2D eigenvalue weighted by molar-refractivity contribution is 1.38. The van der Waals surface area contributed by atoms with E-state index >= 15 is 0 Å². The van der Waals surface area contributed by atoms with Gasteiger partial charge in [0.2, 0.25) is 0 Å². The van der Waals surface area contributed by atoms with Crippen molar-refractivity contribution in [1.82, 2.24) is 0 Å². The van der Waals surface area contributed by atoms with E-state index in [1.54, 1.807) is 11.8 Å². The van der Waals surface area contributed by atoms with Crippen LogP contribution < -0.4 is 0 Å². The predicted molar refractivity (Wildman–Crippen MR) is 82.4 cm³/mol. The quantitative estimate of drug-likeness (QED) is 0.543. The van der Waals surface area contributed by atoms with Gasteiger partial charge in [0.25, 0.3) is 0 Å². The Morgan fingerprint density at radius 2 is 1.62 bits per heavy atom. The molecule has 0 nitrogen and oxygen atoms in total. The maximum Gasteiger partial charge on any atom is 0.0540 e. The summed E-state index contributed by atoms with van der Waals surface area (Å²) in [6, 6.07) is 14.3. The zero-order valence-electron chi connectivity index (χ0n) is 8.08. The summed E-state index contributed by atoms with van der Waals surface area (Å²) >= 11 is 13.4. The van der Waals surface area contributed by atoms with Crippen molar-refractivity contribution < 1.29 is 0 Å². The van der Waals surface area contributed by atoms with E-state index < -0.39 is 0 Å². The number of hydrogen-bond donors (Lipinski definition) is 0. The fourth-order valence-electron chi connectivity index (χ4n) is 1.18. The topological polar surface area (TPSA) is 0 Å². The predicted octanol–water partition coefficient (Wildman–Crippen LogP) is 5.86. The van der Waals surface area contributed by atoms with Crippen molar-refractivity contribution in [3.63, 3.8) is 0 Å². The first kappa shape index (κ1) is 12.7. The largest absolute Gasteiger partial charge is 0.0901 e. The van der Waals surface area contributed by atoms with E-state index in [4.69, 9.17) is 11.6 Å². The van der Waals surface area contributed by atoms with Gasteiger partial charge in [0.05, 0.1) is 5.02 Å². The number of benzene rings is 2. The van der Waals surface area contributed by atoms with Crippen LogP contribution in [-0.2, 0) is 0 Å². The summed E-state index contributed by atoms with van der Waals surface area (Å²) in [5, 5.41) is 0.806. The van der Waals surface area contributed by atoms with Crippen molar-refractivity contribution in [2.75, 3.05) is 0 Å².